The van der Waals surface area contributed by atoms with E-state index in [-0.39, 0.29) is 42.8 Å². The first-order chi connectivity index (χ1) is 10.1. The van der Waals surface area contributed by atoms with Gasteiger partial charge in [-0.2, -0.15) is 0 Å². The van der Waals surface area contributed by atoms with Crippen LogP contribution in [0.4, 0.5) is 10.5 Å². The summed E-state index contributed by atoms with van der Waals surface area (Å²) in [6, 6.07) is 0. The predicted octanol–water partition coefficient (Wildman–Crippen LogP) is 7.57. The molecule has 0 spiro atoms. The third kappa shape index (κ3) is 68.0. The van der Waals surface area contributed by atoms with Crippen LogP contribution in [0.2, 0.25) is 0 Å². The van der Waals surface area contributed by atoms with Crippen molar-refractivity contribution in [2.45, 2.75) is 85.4 Å². The van der Waals surface area contributed by atoms with Gasteiger partial charge < -0.3 is 17.2 Å². The molecule has 1 aliphatic carbocycles. The van der Waals surface area contributed by atoms with Crippen molar-refractivity contribution in [2.24, 2.45) is 0 Å². The van der Waals surface area contributed by atoms with E-state index in [1.54, 1.807) is 0 Å². The maximum atomic E-state index is 11.8. The van der Waals surface area contributed by atoms with Crippen molar-refractivity contribution in [3.05, 3.63) is 39.8 Å². The van der Waals surface area contributed by atoms with Crippen molar-refractivity contribution in [2.75, 3.05) is 0 Å². The molecule has 0 heterocycles. The van der Waals surface area contributed by atoms with Crippen molar-refractivity contribution < 1.29 is 36.7 Å². The van der Waals surface area contributed by atoms with Crippen LogP contribution in [-0.4, -0.2) is 31.3 Å². The minimum atomic E-state index is -5.96. The van der Waals surface area contributed by atoms with E-state index in [1.165, 1.54) is 6.08 Å². The second-order valence-corrected chi connectivity index (χ2v) is 11.7. The van der Waals surface area contributed by atoms with Gasteiger partial charge in [0.05, 0.1) is 0 Å². The van der Waals surface area contributed by atoms with E-state index in [2.05, 4.69) is 6.08 Å². The van der Waals surface area contributed by atoms with Gasteiger partial charge in [-0.3, -0.25) is 0 Å². The van der Waals surface area contributed by atoms with E-state index in [1.807, 2.05) is 62.3 Å². The van der Waals surface area contributed by atoms with Gasteiger partial charge >= 0.3 is 80.4 Å². The van der Waals surface area contributed by atoms with E-state index >= 15 is 0 Å². The van der Waals surface area contributed by atoms with Crippen molar-refractivity contribution in [3.63, 3.8) is 0 Å². The molecule has 1 aliphatic rings. The Hall–Kier alpha value is 0.576. The smallest absolute Gasteiger partial charge is 4.00 e. The molecule has 0 saturated carbocycles. The summed E-state index contributed by atoms with van der Waals surface area (Å²) in [5.74, 6) is 0. The predicted molar refractivity (Wildman–Crippen MR) is 102 cm³/mol. The Bertz CT molecular complexity index is 341. The minimum absolute atomic E-state index is 0. The molecule has 8 heteroatoms. The van der Waals surface area contributed by atoms with Gasteiger partial charge in [-0.15, -0.1) is 16.6 Å². The molecule has 0 unspecified atom stereocenters. The number of rotatable bonds is 1. The van der Waals surface area contributed by atoms with Crippen molar-refractivity contribution in [1.82, 2.24) is 0 Å². The molecule has 0 fully saturated rings. The van der Waals surface area contributed by atoms with E-state index in [9.17, 15) is 10.5 Å². The Balaban J connectivity index is -0.000000122. The summed E-state index contributed by atoms with van der Waals surface area (Å²) >= 11 is -5.96. The zero-order valence-electron chi connectivity index (χ0n) is 17.0. The molecule has 0 aromatic rings. The van der Waals surface area contributed by atoms with E-state index in [0.29, 0.717) is 6.42 Å². The molecule has 0 aliphatic heterocycles. The average molecular weight is 501 g/mol. The normalized spacial score (nSPS) is 13.8. The molecular weight excluding hydrogens is 467 g/mol. The summed E-state index contributed by atoms with van der Waals surface area (Å²) in [5.41, 5.74) is 20.1. The van der Waals surface area contributed by atoms with Gasteiger partial charge in [0, 0.05) is 0 Å². The van der Waals surface area contributed by atoms with Gasteiger partial charge in [0.25, 0.3) is 0 Å². The molecule has 0 aromatic heterocycles. The van der Waals surface area contributed by atoms with Crippen LogP contribution in [-0.2, 0) is 26.2 Å². The number of halogens is 3. The van der Waals surface area contributed by atoms with E-state index in [0.717, 1.165) is 6.08 Å². The Labute approximate surface area is 176 Å². The summed E-state index contributed by atoms with van der Waals surface area (Å²) in [6.07, 6.45) is 5.20. The van der Waals surface area contributed by atoms with Crippen LogP contribution in [0.15, 0.2) is 16.6 Å². The first-order valence-corrected chi connectivity index (χ1v) is 11.1. The molecule has 1 rings (SSSR count). The monoisotopic (exact) mass is 501 g/mol. The number of hydrogen-bond donors (Lipinski definition) is 0. The van der Waals surface area contributed by atoms with Gasteiger partial charge in [-0.1, -0.05) is 62.3 Å². The zero-order chi connectivity index (χ0) is 20.4. The fraction of sp³-hybridized carbons (Fsp3) is 0.765. The van der Waals surface area contributed by atoms with Gasteiger partial charge in [0.2, 0.25) is 0 Å². The second kappa shape index (κ2) is 13.7. The standard InChI is InChI=1S/C5H4F3Ge.3C4H10N.Zr/c6-9(7,8)5-3-1-2-4-5;3*1-4(2,3)5;/h1,3H,2H2;3*5H,1-3H3;/q4*-1;+4. The molecule has 25 heavy (non-hydrogen) atoms. The van der Waals surface area contributed by atoms with Crippen LogP contribution in [0.25, 0.3) is 17.2 Å². The maximum Gasteiger partial charge on any atom is 4.00 e. The first kappa shape index (κ1) is 33.2. The SMILES string of the molecule is CC(C)(C)[NH-].CC(C)(C)[NH-].CC(C)(C)[NH-].[F][Ge]([F])([F])[C]1=[C-]CC=C1.[Zr+4]. The molecule has 3 nitrogen and oxygen atoms in total. The van der Waals surface area contributed by atoms with Crippen LogP contribution in [0.5, 0.6) is 0 Å². The van der Waals surface area contributed by atoms with Gasteiger partial charge in [0.1, 0.15) is 0 Å². The van der Waals surface area contributed by atoms with Gasteiger partial charge in [-0.05, 0) is 0 Å². The molecule has 0 atom stereocenters. The minimum Gasteiger partial charge on any atom is 4.00 e. The molecule has 0 saturated heterocycles. The third-order valence-electron chi connectivity index (χ3n) is 1.00. The summed E-state index contributed by atoms with van der Waals surface area (Å²) < 4.78 is 34.9. The summed E-state index contributed by atoms with van der Waals surface area (Å²) in [7, 11) is 0. The molecule has 0 amide bonds. The summed E-state index contributed by atoms with van der Waals surface area (Å²) in [4.78, 5) is 0. The Morgan fingerprint density at radius 2 is 1.04 bits per heavy atom. The third-order valence-corrected chi connectivity index (χ3v) is 3.00. The van der Waals surface area contributed by atoms with Crippen LogP contribution in [0, 0.1) is 6.08 Å². The van der Waals surface area contributed by atoms with Crippen molar-refractivity contribution >= 4 is 14.7 Å². The molecule has 0 bridgehead atoms. The second-order valence-electron chi connectivity index (χ2n) is 8.44. The fourth-order valence-electron chi connectivity index (χ4n) is 0.599. The number of allylic oxidation sites excluding steroid dienone is 4. The Morgan fingerprint density at radius 3 is 1.12 bits per heavy atom. The topological polar surface area (TPSA) is 71.4 Å². The van der Waals surface area contributed by atoms with Crippen molar-refractivity contribution in [3.8, 4) is 0 Å². The zero-order valence-corrected chi connectivity index (χ0v) is 21.6. The Kier molecular flexibility index (Phi) is 18.2. The van der Waals surface area contributed by atoms with E-state index in [4.69, 9.17) is 17.2 Å². The maximum absolute atomic E-state index is 11.8. The summed E-state index contributed by atoms with van der Waals surface area (Å²) in [6.45, 7) is 16.7. The van der Waals surface area contributed by atoms with Gasteiger partial charge in [-0.25, -0.2) is 0 Å². The average Bonchev–Trinajstić information content (AvgIpc) is 2.58. The van der Waals surface area contributed by atoms with E-state index < -0.39 is 19.1 Å². The Morgan fingerprint density at radius 1 is 0.800 bits per heavy atom. The molecular formula is C17H34F3GeN3Zr. The molecule has 0 aromatic carbocycles. The first-order valence-electron chi connectivity index (χ1n) is 7.70. The van der Waals surface area contributed by atoms with Gasteiger partial charge in [0.15, 0.2) is 0 Å². The number of nitrogens with one attached hydrogen (secondary N) is 3. The molecule has 146 valence electrons. The molecule has 0 radical (unpaired) electrons. The van der Waals surface area contributed by atoms with Crippen LogP contribution >= 0.6 is 0 Å². The largest absolute Gasteiger partial charge is 4.00 e. The fourth-order valence-corrected chi connectivity index (χ4v) is 1.88. The summed E-state index contributed by atoms with van der Waals surface area (Å²) in [5, 5.41) is 0. The van der Waals surface area contributed by atoms with Crippen LogP contribution in [0.3, 0.4) is 0 Å². The van der Waals surface area contributed by atoms with Crippen LogP contribution < -0.4 is 0 Å². The van der Waals surface area contributed by atoms with Crippen molar-refractivity contribution in [1.29, 1.82) is 0 Å². The quantitative estimate of drug-likeness (QED) is 0.263. The number of hydrogen-bond acceptors (Lipinski definition) is 0. The molecule has 3 N–H and O–H groups in total. The van der Waals surface area contributed by atoms with Crippen LogP contribution in [0.1, 0.15) is 68.7 Å².